The lowest BCUT2D eigenvalue weighted by Crippen LogP contribution is -2.41. The third-order valence-corrected chi connectivity index (χ3v) is 4.39. The van der Waals surface area contributed by atoms with Gasteiger partial charge in [-0.1, -0.05) is 6.07 Å². The lowest BCUT2D eigenvalue weighted by Gasteiger charge is -2.32. The van der Waals surface area contributed by atoms with Crippen LogP contribution in [0, 0.1) is 5.82 Å². The van der Waals surface area contributed by atoms with Crippen LogP contribution in [-0.4, -0.2) is 28.1 Å². The smallest absolute Gasteiger partial charge is 0.434 e. The standard InChI is InChI=1S/C16H20BFN2O3/c1-15(2)16(3,4)23-17(22-15)11-6-7-13(12(18)10-11)21-14-8-9-20(5)19-14/h6-10H,1-5H3. The highest BCUT2D eigenvalue weighted by Crippen LogP contribution is 2.36. The topological polar surface area (TPSA) is 45.5 Å². The number of nitrogens with zero attached hydrogens (tertiary/aromatic N) is 2. The van der Waals surface area contributed by atoms with Gasteiger partial charge in [0.1, 0.15) is 0 Å². The van der Waals surface area contributed by atoms with Crippen LogP contribution >= 0.6 is 0 Å². The second-order valence-electron chi connectivity index (χ2n) is 6.71. The zero-order valence-corrected chi connectivity index (χ0v) is 14.0. The van der Waals surface area contributed by atoms with Gasteiger partial charge in [0.15, 0.2) is 11.6 Å². The monoisotopic (exact) mass is 318 g/mol. The molecule has 0 unspecified atom stereocenters. The average Bonchev–Trinajstić information content (AvgIpc) is 2.93. The van der Waals surface area contributed by atoms with Gasteiger partial charge in [-0.3, -0.25) is 4.68 Å². The number of rotatable bonds is 3. The molecule has 0 aliphatic carbocycles. The lowest BCUT2D eigenvalue weighted by atomic mass is 9.79. The molecule has 23 heavy (non-hydrogen) atoms. The maximum atomic E-state index is 14.3. The Bertz CT molecular complexity index is 714. The maximum Gasteiger partial charge on any atom is 0.494 e. The Labute approximate surface area is 135 Å². The second-order valence-corrected chi connectivity index (χ2v) is 6.71. The van der Waals surface area contributed by atoms with Crippen LogP contribution in [-0.2, 0) is 16.4 Å². The fraction of sp³-hybridized carbons (Fsp3) is 0.438. The molecule has 7 heteroatoms. The lowest BCUT2D eigenvalue weighted by molar-refractivity contribution is 0.00578. The molecule has 0 bridgehead atoms. The van der Waals surface area contributed by atoms with E-state index in [-0.39, 0.29) is 5.75 Å². The van der Waals surface area contributed by atoms with Gasteiger partial charge in [-0.2, -0.15) is 0 Å². The average molecular weight is 318 g/mol. The molecule has 2 aromatic rings. The van der Waals surface area contributed by atoms with Crippen molar-refractivity contribution in [3.8, 4) is 11.6 Å². The summed E-state index contributed by atoms with van der Waals surface area (Å²) in [5.74, 6) is -0.0263. The predicted octanol–water partition coefficient (Wildman–Crippen LogP) is 2.65. The molecule has 0 radical (unpaired) electrons. The van der Waals surface area contributed by atoms with Crippen LogP contribution < -0.4 is 10.2 Å². The summed E-state index contributed by atoms with van der Waals surface area (Å²) in [6.07, 6.45) is 1.73. The largest absolute Gasteiger partial charge is 0.494 e. The molecule has 1 fully saturated rings. The molecule has 5 nitrogen and oxygen atoms in total. The third-order valence-electron chi connectivity index (χ3n) is 4.39. The summed E-state index contributed by atoms with van der Waals surface area (Å²) >= 11 is 0. The van der Waals surface area contributed by atoms with E-state index in [1.165, 1.54) is 6.07 Å². The predicted molar refractivity (Wildman–Crippen MR) is 85.4 cm³/mol. The summed E-state index contributed by atoms with van der Waals surface area (Å²) in [5, 5.41) is 4.06. The zero-order valence-electron chi connectivity index (χ0n) is 14.0. The number of aryl methyl sites for hydroxylation is 1. The van der Waals surface area contributed by atoms with Crippen molar-refractivity contribution in [2.24, 2.45) is 7.05 Å². The molecule has 0 amide bonds. The van der Waals surface area contributed by atoms with Gasteiger partial charge in [-0.05, 0) is 45.3 Å². The molecule has 2 heterocycles. The van der Waals surface area contributed by atoms with Crippen molar-refractivity contribution >= 4 is 12.6 Å². The van der Waals surface area contributed by atoms with E-state index in [0.717, 1.165) is 0 Å². The molecule has 1 aromatic heterocycles. The minimum absolute atomic E-state index is 0.115. The number of ether oxygens (including phenoxy) is 1. The van der Waals surface area contributed by atoms with Gasteiger partial charge in [0, 0.05) is 19.3 Å². The second kappa shape index (κ2) is 5.35. The van der Waals surface area contributed by atoms with E-state index in [1.807, 2.05) is 27.7 Å². The Morgan fingerprint density at radius 3 is 2.30 bits per heavy atom. The summed E-state index contributed by atoms with van der Waals surface area (Å²) in [7, 11) is 1.17. The maximum absolute atomic E-state index is 14.3. The van der Waals surface area contributed by atoms with Crippen LogP contribution in [0.3, 0.4) is 0 Å². The van der Waals surface area contributed by atoms with Crippen molar-refractivity contribution in [2.45, 2.75) is 38.9 Å². The van der Waals surface area contributed by atoms with Crippen molar-refractivity contribution in [2.75, 3.05) is 0 Å². The molecule has 1 aliphatic rings. The third kappa shape index (κ3) is 2.98. The van der Waals surface area contributed by atoms with Gasteiger partial charge in [0.25, 0.3) is 0 Å². The molecule has 122 valence electrons. The molecular weight excluding hydrogens is 298 g/mol. The van der Waals surface area contributed by atoms with Crippen LogP contribution in [0.5, 0.6) is 11.6 Å². The Morgan fingerprint density at radius 1 is 1.13 bits per heavy atom. The van der Waals surface area contributed by atoms with Crippen LogP contribution in [0.15, 0.2) is 30.5 Å². The van der Waals surface area contributed by atoms with E-state index in [1.54, 1.807) is 36.1 Å². The van der Waals surface area contributed by atoms with E-state index < -0.39 is 24.1 Å². The molecule has 0 saturated carbocycles. The SMILES string of the molecule is Cn1ccc(Oc2ccc(B3OC(C)(C)C(C)(C)O3)cc2F)n1. The molecule has 0 spiro atoms. The molecule has 1 saturated heterocycles. The number of aromatic nitrogens is 2. The van der Waals surface area contributed by atoms with Crippen molar-refractivity contribution in [3.63, 3.8) is 0 Å². The first-order valence-electron chi connectivity index (χ1n) is 7.50. The van der Waals surface area contributed by atoms with Crippen molar-refractivity contribution in [3.05, 3.63) is 36.3 Å². The van der Waals surface area contributed by atoms with E-state index in [2.05, 4.69) is 5.10 Å². The minimum atomic E-state index is -0.599. The van der Waals surface area contributed by atoms with Crippen molar-refractivity contribution < 1.29 is 18.4 Å². The quantitative estimate of drug-likeness (QED) is 0.816. The number of hydrogen-bond donors (Lipinski definition) is 0. The van der Waals surface area contributed by atoms with E-state index in [9.17, 15) is 4.39 Å². The minimum Gasteiger partial charge on any atom is -0.434 e. The highest BCUT2D eigenvalue weighted by molar-refractivity contribution is 6.62. The Morgan fingerprint density at radius 2 is 1.78 bits per heavy atom. The highest BCUT2D eigenvalue weighted by Gasteiger charge is 2.51. The van der Waals surface area contributed by atoms with Crippen LogP contribution in [0.4, 0.5) is 4.39 Å². The fourth-order valence-corrected chi connectivity index (χ4v) is 2.29. The Balaban J connectivity index is 1.80. The van der Waals surface area contributed by atoms with Gasteiger partial charge in [-0.25, -0.2) is 4.39 Å². The summed E-state index contributed by atoms with van der Waals surface area (Å²) in [4.78, 5) is 0. The molecule has 1 aliphatic heterocycles. The first kappa shape index (κ1) is 16.0. The van der Waals surface area contributed by atoms with Crippen LogP contribution in [0.25, 0.3) is 0 Å². The van der Waals surface area contributed by atoms with E-state index >= 15 is 0 Å². The van der Waals surface area contributed by atoms with E-state index in [0.29, 0.717) is 11.3 Å². The summed E-state index contributed by atoms with van der Waals surface area (Å²) < 4.78 is 33.2. The number of hydrogen-bond acceptors (Lipinski definition) is 4. The molecule has 1 aromatic carbocycles. The van der Waals surface area contributed by atoms with Gasteiger partial charge < -0.3 is 14.0 Å². The normalized spacial score (nSPS) is 19.1. The first-order valence-corrected chi connectivity index (χ1v) is 7.50. The molecule has 0 atom stereocenters. The molecular formula is C16H20BFN2O3. The fourth-order valence-electron chi connectivity index (χ4n) is 2.29. The Kier molecular flexibility index (Phi) is 3.73. The summed E-state index contributed by atoms with van der Waals surface area (Å²) in [5.41, 5.74) is -0.302. The van der Waals surface area contributed by atoms with Gasteiger partial charge in [0.05, 0.1) is 11.2 Å². The number of halogens is 1. The van der Waals surface area contributed by atoms with Crippen molar-refractivity contribution in [1.29, 1.82) is 0 Å². The van der Waals surface area contributed by atoms with E-state index in [4.69, 9.17) is 14.0 Å². The molecule has 3 rings (SSSR count). The van der Waals surface area contributed by atoms with Gasteiger partial charge >= 0.3 is 7.12 Å². The van der Waals surface area contributed by atoms with Gasteiger partial charge in [-0.15, -0.1) is 5.10 Å². The summed E-state index contributed by atoms with van der Waals surface area (Å²) in [6.45, 7) is 7.84. The van der Waals surface area contributed by atoms with Crippen molar-refractivity contribution in [1.82, 2.24) is 9.78 Å². The van der Waals surface area contributed by atoms with Crippen LogP contribution in [0.2, 0.25) is 0 Å². The first-order chi connectivity index (χ1) is 10.7. The summed E-state index contributed by atoms with van der Waals surface area (Å²) in [6, 6.07) is 6.34. The zero-order chi connectivity index (χ0) is 16.8. The van der Waals surface area contributed by atoms with Gasteiger partial charge in [0.2, 0.25) is 5.88 Å². The molecule has 0 N–H and O–H groups in total. The Hall–Kier alpha value is -1.86. The highest BCUT2D eigenvalue weighted by atomic mass is 19.1. The number of benzene rings is 1. The van der Waals surface area contributed by atoms with Crippen LogP contribution in [0.1, 0.15) is 27.7 Å².